The first-order valence-electron chi connectivity index (χ1n) is 15.4. The number of ether oxygens (including phenoxy) is 2. The third kappa shape index (κ3) is 9.21. The van der Waals surface area contributed by atoms with Gasteiger partial charge in [0.25, 0.3) is 10.0 Å². The number of carbonyl (C=O) groups is 2. The van der Waals surface area contributed by atoms with Crippen LogP contribution in [0.15, 0.2) is 102 Å². The van der Waals surface area contributed by atoms with Gasteiger partial charge in [0.15, 0.2) is 0 Å². The van der Waals surface area contributed by atoms with Crippen molar-refractivity contribution in [1.29, 1.82) is 0 Å². The van der Waals surface area contributed by atoms with Gasteiger partial charge in [0.2, 0.25) is 11.8 Å². The number of carbonyl (C=O) groups excluding carboxylic acids is 2. The number of nitrogens with zero attached hydrogens (tertiary/aromatic N) is 2. The first-order valence-corrected chi connectivity index (χ1v) is 17.6. The van der Waals surface area contributed by atoms with Crippen LogP contribution in [0.2, 0.25) is 10.0 Å². The second-order valence-corrected chi connectivity index (χ2v) is 13.7. The van der Waals surface area contributed by atoms with E-state index in [0.717, 1.165) is 22.7 Å². The van der Waals surface area contributed by atoms with Gasteiger partial charge in [-0.2, -0.15) is 0 Å². The van der Waals surface area contributed by atoms with E-state index in [0.29, 0.717) is 27.9 Å². The first kappa shape index (κ1) is 36.6. The lowest BCUT2D eigenvalue weighted by Crippen LogP contribution is -2.53. The molecule has 1 atom stereocenters. The Morgan fingerprint density at radius 1 is 0.875 bits per heavy atom. The molecule has 1 unspecified atom stereocenters. The SMILES string of the molecule is CCCCNC(=O)C(Cc1ccccc1)N(Cc1ccc(Cl)cc1Cl)C(=O)CN(c1cc(OC)ccc1OC)S(=O)(=O)c1ccccc1. The van der Waals surface area contributed by atoms with Crippen LogP contribution in [-0.2, 0) is 32.6 Å². The minimum absolute atomic E-state index is 0.0342. The Bertz CT molecular complexity index is 1790. The molecule has 0 bridgehead atoms. The van der Waals surface area contributed by atoms with Gasteiger partial charge in [0, 0.05) is 35.6 Å². The van der Waals surface area contributed by atoms with Gasteiger partial charge in [0.05, 0.1) is 24.8 Å². The number of nitrogens with one attached hydrogen (secondary N) is 1. The second kappa shape index (κ2) is 17.2. The average molecular weight is 713 g/mol. The largest absolute Gasteiger partial charge is 0.497 e. The van der Waals surface area contributed by atoms with Gasteiger partial charge in [-0.05, 0) is 53.9 Å². The van der Waals surface area contributed by atoms with Crippen LogP contribution < -0.4 is 19.1 Å². The van der Waals surface area contributed by atoms with E-state index in [4.69, 9.17) is 32.7 Å². The average Bonchev–Trinajstić information content (AvgIpc) is 3.10. The van der Waals surface area contributed by atoms with Crippen molar-refractivity contribution in [2.45, 2.75) is 43.7 Å². The highest BCUT2D eigenvalue weighted by atomic mass is 35.5. The molecular formula is C36H39Cl2N3O6S. The van der Waals surface area contributed by atoms with E-state index in [1.807, 2.05) is 37.3 Å². The van der Waals surface area contributed by atoms with Crippen LogP contribution in [-0.4, -0.2) is 58.5 Å². The van der Waals surface area contributed by atoms with Crippen molar-refractivity contribution in [3.8, 4) is 11.5 Å². The van der Waals surface area contributed by atoms with E-state index < -0.39 is 28.5 Å². The summed E-state index contributed by atoms with van der Waals surface area (Å²) >= 11 is 12.8. The van der Waals surface area contributed by atoms with Gasteiger partial charge in [-0.15, -0.1) is 0 Å². The number of anilines is 1. The Labute approximate surface area is 292 Å². The van der Waals surface area contributed by atoms with Crippen molar-refractivity contribution in [3.05, 3.63) is 118 Å². The Kier molecular flexibility index (Phi) is 13.1. The lowest BCUT2D eigenvalue weighted by Gasteiger charge is -2.34. The molecule has 4 aromatic rings. The summed E-state index contributed by atoms with van der Waals surface area (Å²) in [5.74, 6) is -0.457. The predicted octanol–water partition coefficient (Wildman–Crippen LogP) is 6.76. The zero-order valence-corrected chi connectivity index (χ0v) is 29.4. The third-order valence-corrected chi connectivity index (χ3v) is 10.1. The molecule has 4 aromatic carbocycles. The predicted molar refractivity (Wildman–Crippen MR) is 189 cm³/mol. The van der Waals surface area contributed by atoms with Crippen LogP contribution in [0.4, 0.5) is 5.69 Å². The fourth-order valence-corrected chi connectivity index (χ4v) is 7.02. The standard InChI is InChI=1S/C36H39Cl2N3O6S/c1-4-5-20-39-36(43)33(21-26-12-8-6-9-13-26)40(24-27-16-17-28(37)22-31(27)38)35(42)25-41(48(44,45)30-14-10-7-11-15-30)32-23-29(46-2)18-19-34(32)47-3/h6-19,22-23,33H,4-5,20-21,24-25H2,1-3H3,(H,39,43). The summed E-state index contributed by atoms with van der Waals surface area (Å²) < 4.78 is 40.6. The molecule has 2 amide bonds. The van der Waals surface area contributed by atoms with Crippen LogP contribution in [0.1, 0.15) is 30.9 Å². The Balaban J connectivity index is 1.86. The number of hydrogen-bond acceptors (Lipinski definition) is 6. The van der Waals surface area contributed by atoms with Gasteiger partial charge in [-0.3, -0.25) is 13.9 Å². The Morgan fingerprint density at radius 3 is 2.19 bits per heavy atom. The van der Waals surface area contributed by atoms with E-state index >= 15 is 0 Å². The summed E-state index contributed by atoms with van der Waals surface area (Å²) in [7, 11) is -1.48. The number of sulfonamides is 1. The minimum atomic E-state index is -4.34. The van der Waals surface area contributed by atoms with Crippen LogP contribution in [0.5, 0.6) is 11.5 Å². The molecule has 9 nitrogen and oxygen atoms in total. The summed E-state index contributed by atoms with van der Waals surface area (Å²) in [6, 6.07) is 25.7. The number of amides is 2. The molecule has 0 aliphatic rings. The molecule has 48 heavy (non-hydrogen) atoms. The quantitative estimate of drug-likeness (QED) is 0.129. The number of rotatable bonds is 16. The van der Waals surface area contributed by atoms with Crippen molar-refractivity contribution in [2.24, 2.45) is 0 Å². The van der Waals surface area contributed by atoms with Gasteiger partial charge >= 0.3 is 0 Å². The minimum Gasteiger partial charge on any atom is -0.497 e. The van der Waals surface area contributed by atoms with Crippen LogP contribution in [0.3, 0.4) is 0 Å². The maximum Gasteiger partial charge on any atom is 0.264 e. The summed E-state index contributed by atoms with van der Waals surface area (Å²) in [4.78, 5) is 30.0. The Morgan fingerprint density at radius 2 is 1.56 bits per heavy atom. The zero-order valence-electron chi connectivity index (χ0n) is 27.1. The summed E-state index contributed by atoms with van der Waals surface area (Å²) in [6.45, 7) is 1.67. The maximum absolute atomic E-state index is 14.7. The topological polar surface area (TPSA) is 105 Å². The van der Waals surface area contributed by atoms with Crippen molar-refractivity contribution >= 4 is 50.7 Å². The van der Waals surface area contributed by atoms with E-state index in [2.05, 4.69) is 5.32 Å². The Hall–Kier alpha value is -4.25. The van der Waals surface area contributed by atoms with E-state index in [1.54, 1.807) is 48.5 Å². The van der Waals surface area contributed by atoms with Gasteiger partial charge in [0.1, 0.15) is 24.1 Å². The molecule has 0 radical (unpaired) electrons. The molecule has 0 aromatic heterocycles. The number of hydrogen-bond donors (Lipinski definition) is 1. The molecule has 0 fully saturated rings. The first-order chi connectivity index (χ1) is 23.1. The molecule has 4 rings (SSSR count). The van der Waals surface area contributed by atoms with Gasteiger partial charge in [-0.1, -0.05) is 91.1 Å². The molecule has 0 aliphatic heterocycles. The number of methoxy groups -OCH3 is 2. The smallest absolute Gasteiger partial charge is 0.264 e. The van der Waals surface area contributed by atoms with Gasteiger partial charge in [-0.25, -0.2) is 8.42 Å². The third-order valence-electron chi connectivity index (χ3n) is 7.72. The lowest BCUT2D eigenvalue weighted by molar-refractivity contribution is -0.140. The monoisotopic (exact) mass is 711 g/mol. The zero-order chi connectivity index (χ0) is 34.7. The number of unbranched alkanes of at least 4 members (excludes halogenated alkanes) is 1. The highest BCUT2D eigenvalue weighted by molar-refractivity contribution is 7.92. The molecule has 0 heterocycles. The van der Waals surface area contributed by atoms with E-state index in [-0.39, 0.29) is 35.2 Å². The van der Waals surface area contributed by atoms with Crippen molar-refractivity contribution < 1.29 is 27.5 Å². The van der Waals surface area contributed by atoms with Crippen molar-refractivity contribution in [3.63, 3.8) is 0 Å². The molecule has 254 valence electrons. The fraction of sp³-hybridized carbons (Fsp3) is 0.278. The number of halogens is 2. The van der Waals surface area contributed by atoms with Crippen molar-refractivity contribution in [2.75, 3.05) is 31.6 Å². The molecule has 0 saturated carbocycles. The molecule has 12 heteroatoms. The number of benzene rings is 4. The lowest BCUT2D eigenvalue weighted by atomic mass is 10.0. The summed E-state index contributed by atoms with van der Waals surface area (Å²) in [5, 5.41) is 3.67. The molecule has 0 aliphatic carbocycles. The highest BCUT2D eigenvalue weighted by Gasteiger charge is 2.36. The normalized spacial score (nSPS) is 11.8. The molecular weight excluding hydrogens is 673 g/mol. The van der Waals surface area contributed by atoms with Crippen LogP contribution >= 0.6 is 23.2 Å². The van der Waals surface area contributed by atoms with E-state index in [9.17, 15) is 18.0 Å². The van der Waals surface area contributed by atoms with Crippen LogP contribution in [0, 0.1) is 0 Å². The molecule has 0 saturated heterocycles. The summed E-state index contributed by atoms with van der Waals surface area (Å²) in [6.07, 6.45) is 1.78. The van der Waals surface area contributed by atoms with Crippen LogP contribution in [0.25, 0.3) is 0 Å². The maximum atomic E-state index is 14.7. The fourth-order valence-electron chi connectivity index (χ4n) is 5.12. The molecule has 0 spiro atoms. The van der Waals surface area contributed by atoms with Gasteiger partial charge < -0.3 is 19.7 Å². The van der Waals surface area contributed by atoms with Crippen molar-refractivity contribution in [1.82, 2.24) is 10.2 Å². The highest BCUT2D eigenvalue weighted by Crippen LogP contribution is 2.36. The summed E-state index contributed by atoms with van der Waals surface area (Å²) in [5.41, 5.74) is 1.44. The van der Waals surface area contributed by atoms with E-state index in [1.165, 1.54) is 37.3 Å². The second-order valence-electron chi connectivity index (χ2n) is 11.0. The molecule has 1 N–H and O–H groups in total.